The van der Waals surface area contributed by atoms with Crippen LogP contribution in [0.15, 0.2) is 28.6 Å². The summed E-state index contributed by atoms with van der Waals surface area (Å²) < 4.78 is 5.93. The first-order valence-corrected chi connectivity index (χ1v) is 10.5. The molecule has 142 valence electrons. The fourth-order valence-corrected chi connectivity index (χ4v) is 5.67. The van der Waals surface area contributed by atoms with E-state index in [-0.39, 0.29) is 0 Å². The molecular formula is C18H26N4O3S. The summed E-state index contributed by atoms with van der Waals surface area (Å²) in [6.07, 6.45) is 3.84. The van der Waals surface area contributed by atoms with E-state index in [9.17, 15) is 10.1 Å². The minimum Gasteiger partial charge on any atom is -0.464 e. The zero-order valence-corrected chi connectivity index (χ0v) is 15.8. The number of hydrogen-bond acceptors (Lipinski definition) is 7. The normalized spacial score (nSPS) is 31.3. The third-order valence-corrected chi connectivity index (χ3v) is 6.99. The van der Waals surface area contributed by atoms with Gasteiger partial charge in [-0.2, -0.15) is 11.8 Å². The van der Waals surface area contributed by atoms with Crippen LogP contribution >= 0.6 is 11.8 Å². The molecule has 4 bridgehead atoms. The van der Waals surface area contributed by atoms with Gasteiger partial charge in [0.15, 0.2) is 5.82 Å². The second-order valence-electron chi connectivity index (χ2n) is 7.47. The number of hydrogen-bond donors (Lipinski definition) is 3. The first kappa shape index (κ1) is 17.7. The highest BCUT2D eigenvalue weighted by Gasteiger charge is 2.68. The minimum atomic E-state index is -0.470. The van der Waals surface area contributed by atoms with Crippen molar-refractivity contribution in [1.29, 1.82) is 0 Å². The molecule has 4 saturated carbocycles. The fourth-order valence-electron chi connectivity index (χ4n) is 4.92. The van der Waals surface area contributed by atoms with Crippen LogP contribution in [0.5, 0.6) is 0 Å². The SMILES string of the molecule is CN/C(=C/[N+](=O)[O-])NCCSCc1ccc(CN[C@@H]2C3CC4C(C3)C42)o1. The molecule has 0 aromatic carbocycles. The Kier molecular flexibility index (Phi) is 5.13. The summed E-state index contributed by atoms with van der Waals surface area (Å²) in [7, 11) is 1.66. The van der Waals surface area contributed by atoms with Gasteiger partial charge in [0, 0.05) is 25.4 Å². The number of rotatable bonds is 11. The van der Waals surface area contributed by atoms with Crippen molar-refractivity contribution in [2.24, 2.45) is 23.7 Å². The van der Waals surface area contributed by atoms with Crippen molar-refractivity contribution in [2.75, 3.05) is 19.3 Å². The molecule has 4 aliphatic carbocycles. The van der Waals surface area contributed by atoms with Gasteiger partial charge in [-0.15, -0.1) is 0 Å². The highest BCUT2D eigenvalue weighted by Crippen LogP contribution is 2.70. The van der Waals surface area contributed by atoms with Crippen molar-refractivity contribution in [3.63, 3.8) is 0 Å². The zero-order valence-electron chi connectivity index (χ0n) is 14.9. The quantitative estimate of drug-likeness (QED) is 0.309. The molecular weight excluding hydrogens is 352 g/mol. The lowest BCUT2D eigenvalue weighted by molar-refractivity contribution is -0.404. The van der Waals surface area contributed by atoms with Crippen LogP contribution in [-0.4, -0.2) is 30.3 Å². The van der Waals surface area contributed by atoms with Crippen molar-refractivity contribution in [2.45, 2.75) is 31.2 Å². The molecule has 1 heterocycles. The number of nitrogens with zero attached hydrogens (tertiary/aromatic N) is 1. The predicted molar refractivity (Wildman–Crippen MR) is 101 cm³/mol. The third-order valence-electron chi connectivity index (χ3n) is 6.01. The third kappa shape index (κ3) is 3.71. The molecule has 5 rings (SSSR count). The van der Waals surface area contributed by atoms with E-state index in [1.807, 2.05) is 0 Å². The molecule has 0 amide bonds. The van der Waals surface area contributed by atoms with Crippen LogP contribution in [0.3, 0.4) is 0 Å². The molecule has 3 N–H and O–H groups in total. The van der Waals surface area contributed by atoms with E-state index in [2.05, 4.69) is 28.1 Å². The van der Waals surface area contributed by atoms with Gasteiger partial charge in [0.05, 0.1) is 17.2 Å². The van der Waals surface area contributed by atoms with Gasteiger partial charge in [0.25, 0.3) is 6.20 Å². The number of thioether (sulfide) groups is 1. The zero-order chi connectivity index (χ0) is 18.1. The second-order valence-corrected chi connectivity index (χ2v) is 8.57. The molecule has 8 heteroatoms. The molecule has 0 radical (unpaired) electrons. The van der Waals surface area contributed by atoms with Gasteiger partial charge in [0.1, 0.15) is 11.5 Å². The minimum absolute atomic E-state index is 0.421. The predicted octanol–water partition coefficient (Wildman–Crippen LogP) is 2.14. The van der Waals surface area contributed by atoms with Crippen molar-refractivity contribution < 1.29 is 9.34 Å². The first-order valence-electron chi connectivity index (χ1n) is 9.31. The van der Waals surface area contributed by atoms with Gasteiger partial charge in [-0.3, -0.25) is 10.1 Å². The number of nitrogens with one attached hydrogen (secondary N) is 3. The Bertz CT molecular complexity index is 678. The van der Waals surface area contributed by atoms with Crippen LogP contribution < -0.4 is 16.0 Å². The van der Waals surface area contributed by atoms with Crippen molar-refractivity contribution in [1.82, 2.24) is 16.0 Å². The summed E-state index contributed by atoms with van der Waals surface area (Å²) in [5.41, 5.74) is 0. The Balaban J connectivity index is 1.12. The van der Waals surface area contributed by atoms with E-state index in [1.165, 1.54) is 12.8 Å². The van der Waals surface area contributed by atoms with Gasteiger partial charge in [0.2, 0.25) is 0 Å². The van der Waals surface area contributed by atoms with Crippen LogP contribution in [0, 0.1) is 33.8 Å². The van der Waals surface area contributed by atoms with E-state index in [0.29, 0.717) is 12.4 Å². The standard InChI is InChI=1S/C18H26N4O3S/c1-19-16(9-22(23)24)20-4-5-26-10-13-3-2-12(25-13)8-21-18-11-6-14-15(7-11)17(14)18/h2-3,9,11,14-15,17-21H,4-8,10H2,1H3/b16-9-/t11?,14?,15?,17?,18-/m1/s1. The largest absolute Gasteiger partial charge is 0.464 e. The Morgan fingerprint density at radius 1 is 1.38 bits per heavy atom. The van der Waals surface area contributed by atoms with E-state index < -0.39 is 4.92 Å². The summed E-state index contributed by atoms with van der Waals surface area (Å²) in [6.45, 7) is 1.49. The first-order chi connectivity index (χ1) is 12.7. The molecule has 26 heavy (non-hydrogen) atoms. The maximum Gasteiger partial charge on any atom is 0.274 e. The monoisotopic (exact) mass is 378 g/mol. The van der Waals surface area contributed by atoms with Crippen LogP contribution in [-0.2, 0) is 12.3 Å². The Morgan fingerprint density at radius 3 is 2.81 bits per heavy atom. The highest BCUT2D eigenvalue weighted by atomic mass is 32.2. The highest BCUT2D eigenvalue weighted by molar-refractivity contribution is 7.98. The molecule has 4 fully saturated rings. The summed E-state index contributed by atoms with van der Waals surface area (Å²) in [5, 5.41) is 20.0. The number of furan rings is 1. The molecule has 7 nitrogen and oxygen atoms in total. The maximum absolute atomic E-state index is 10.4. The second kappa shape index (κ2) is 7.52. The lowest BCUT2D eigenvalue weighted by Crippen LogP contribution is -2.31. The summed E-state index contributed by atoms with van der Waals surface area (Å²) >= 11 is 1.75. The maximum atomic E-state index is 10.4. The number of nitro groups is 1. The summed E-state index contributed by atoms with van der Waals surface area (Å²) in [6, 6.07) is 4.86. The molecule has 1 aromatic rings. The van der Waals surface area contributed by atoms with E-state index in [0.717, 1.165) is 65.5 Å². The summed E-state index contributed by atoms with van der Waals surface area (Å²) in [5.74, 6) is 8.05. The molecule has 2 unspecified atom stereocenters. The van der Waals surface area contributed by atoms with Crippen LogP contribution in [0.1, 0.15) is 24.4 Å². The van der Waals surface area contributed by atoms with Gasteiger partial charge in [-0.1, -0.05) is 0 Å². The van der Waals surface area contributed by atoms with Crippen LogP contribution in [0.2, 0.25) is 0 Å². The van der Waals surface area contributed by atoms with Gasteiger partial charge in [-0.05, 0) is 48.6 Å². The van der Waals surface area contributed by atoms with Crippen molar-refractivity contribution in [3.05, 3.63) is 45.8 Å². The van der Waals surface area contributed by atoms with Gasteiger partial charge in [-0.25, -0.2) is 0 Å². The van der Waals surface area contributed by atoms with Gasteiger partial charge >= 0.3 is 0 Å². The lowest BCUT2D eigenvalue weighted by Gasteiger charge is -2.15. The molecule has 0 spiro atoms. The summed E-state index contributed by atoms with van der Waals surface area (Å²) in [4.78, 5) is 9.98. The Morgan fingerprint density at radius 2 is 2.15 bits per heavy atom. The molecule has 0 aliphatic heterocycles. The fraction of sp³-hybridized carbons (Fsp3) is 0.667. The van der Waals surface area contributed by atoms with E-state index in [1.54, 1.807) is 18.8 Å². The Hall–Kier alpha value is -1.67. The van der Waals surface area contributed by atoms with Crippen molar-refractivity contribution in [3.8, 4) is 0 Å². The molecule has 3 atom stereocenters. The molecule has 0 saturated heterocycles. The van der Waals surface area contributed by atoms with E-state index >= 15 is 0 Å². The molecule has 4 aliphatic rings. The lowest BCUT2D eigenvalue weighted by atomic mass is 10.1. The Labute approximate surface area is 157 Å². The average molecular weight is 378 g/mol. The topological polar surface area (TPSA) is 92.4 Å². The average Bonchev–Trinajstić information content (AvgIpc) is 3.13. The van der Waals surface area contributed by atoms with Crippen LogP contribution in [0.25, 0.3) is 0 Å². The van der Waals surface area contributed by atoms with Gasteiger partial charge < -0.3 is 20.4 Å². The van der Waals surface area contributed by atoms with Crippen LogP contribution in [0.4, 0.5) is 0 Å². The van der Waals surface area contributed by atoms with Crippen molar-refractivity contribution >= 4 is 11.8 Å². The molecule has 1 aromatic heterocycles. The van der Waals surface area contributed by atoms with E-state index in [4.69, 9.17) is 4.42 Å². The smallest absolute Gasteiger partial charge is 0.274 e.